The van der Waals surface area contributed by atoms with Crippen molar-refractivity contribution in [3.8, 4) is 0 Å². The van der Waals surface area contributed by atoms with Gasteiger partial charge in [0.25, 0.3) is 5.91 Å². The fourth-order valence-electron chi connectivity index (χ4n) is 3.95. The average molecular weight is 361 g/mol. The number of aromatic nitrogens is 2. The SMILES string of the molecule is Cn1cnc(CN2CCC3(CC2)OC(C(N)=O)c2ccc(Cl)cc23)c1. The van der Waals surface area contributed by atoms with E-state index < -0.39 is 17.6 Å². The quantitative estimate of drug-likeness (QED) is 0.909. The number of carbonyl (C=O) groups excluding carboxylic acids is 1. The van der Waals surface area contributed by atoms with Crippen LogP contribution >= 0.6 is 11.6 Å². The molecule has 2 N–H and O–H groups in total. The molecule has 1 fully saturated rings. The zero-order valence-electron chi connectivity index (χ0n) is 14.1. The van der Waals surface area contributed by atoms with Crippen LogP contribution in [0, 0.1) is 0 Å². The molecule has 2 aromatic rings. The third kappa shape index (κ3) is 2.94. The van der Waals surface area contributed by atoms with Crippen molar-refractivity contribution in [1.82, 2.24) is 14.5 Å². The van der Waals surface area contributed by atoms with E-state index in [0.717, 1.165) is 49.3 Å². The molecule has 6 nitrogen and oxygen atoms in total. The molecule has 0 radical (unpaired) electrons. The van der Waals surface area contributed by atoms with Crippen LogP contribution in [0.4, 0.5) is 0 Å². The molecule has 25 heavy (non-hydrogen) atoms. The Labute approximate surface area is 151 Å². The standard InChI is InChI=1S/C18H21ClN4O2/c1-22-9-13(21-11-22)10-23-6-4-18(5-7-23)15-8-12(19)2-3-14(15)16(25-18)17(20)24/h2-3,8-9,11,16H,4-7,10H2,1H3,(H2,20,24). The summed E-state index contributed by atoms with van der Waals surface area (Å²) < 4.78 is 8.15. The number of primary amides is 1. The van der Waals surface area contributed by atoms with E-state index >= 15 is 0 Å². The molecular weight excluding hydrogens is 340 g/mol. The lowest BCUT2D eigenvalue weighted by molar-refractivity contribution is -0.148. The van der Waals surface area contributed by atoms with Gasteiger partial charge in [0.15, 0.2) is 6.10 Å². The number of hydrogen-bond donors (Lipinski definition) is 1. The molecule has 4 rings (SSSR count). The zero-order chi connectivity index (χ0) is 17.6. The van der Waals surface area contributed by atoms with E-state index in [1.54, 1.807) is 6.07 Å². The van der Waals surface area contributed by atoms with Gasteiger partial charge < -0.3 is 15.0 Å². The van der Waals surface area contributed by atoms with E-state index in [0.29, 0.717) is 5.02 Å². The summed E-state index contributed by atoms with van der Waals surface area (Å²) in [5.74, 6) is -0.448. The van der Waals surface area contributed by atoms with E-state index in [1.165, 1.54) is 0 Å². The number of piperidine rings is 1. The van der Waals surface area contributed by atoms with Gasteiger partial charge in [-0.3, -0.25) is 9.69 Å². The highest BCUT2D eigenvalue weighted by Crippen LogP contribution is 2.50. The summed E-state index contributed by atoms with van der Waals surface area (Å²) in [6.45, 7) is 2.56. The van der Waals surface area contributed by atoms with Crippen LogP contribution in [0.1, 0.15) is 35.8 Å². The van der Waals surface area contributed by atoms with Gasteiger partial charge in [-0.15, -0.1) is 0 Å². The molecule has 132 valence electrons. The van der Waals surface area contributed by atoms with E-state index in [1.807, 2.05) is 36.3 Å². The van der Waals surface area contributed by atoms with Crippen molar-refractivity contribution in [1.29, 1.82) is 0 Å². The van der Waals surface area contributed by atoms with E-state index in [9.17, 15) is 4.79 Å². The van der Waals surface area contributed by atoms with Crippen LogP contribution in [0.25, 0.3) is 0 Å². The number of nitrogens with zero attached hydrogens (tertiary/aromatic N) is 3. The molecule has 2 aliphatic rings. The number of imidazole rings is 1. The maximum Gasteiger partial charge on any atom is 0.251 e. The molecule has 0 saturated carbocycles. The maximum atomic E-state index is 11.8. The highest BCUT2D eigenvalue weighted by molar-refractivity contribution is 6.30. The Morgan fingerprint density at radius 1 is 1.44 bits per heavy atom. The van der Waals surface area contributed by atoms with Crippen molar-refractivity contribution < 1.29 is 9.53 Å². The smallest absolute Gasteiger partial charge is 0.251 e. The zero-order valence-corrected chi connectivity index (χ0v) is 14.9. The molecular formula is C18H21ClN4O2. The number of halogens is 1. The van der Waals surface area contributed by atoms with Crippen molar-refractivity contribution in [3.63, 3.8) is 0 Å². The first-order valence-corrected chi connectivity index (χ1v) is 8.81. The molecule has 1 unspecified atom stereocenters. The number of amides is 1. The average Bonchev–Trinajstić information content (AvgIpc) is 3.12. The highest BCUT2D eigenvalue weighted by atomic mass is 35.5. The topological polar surface area (TPSA) is 73.4 Å². The van der Waals surface area contributed by atoms with Crippen molar-refractivity contribution in [3.05, 3.63) is 52.6 Å². The van der Waals surface area contributed by atoms with E-state index in [-0.39, 0.29) is 0 Å². The summed E-state index contributed by atoms with van der Waals surface area (Å²) in [7, 11) is 1.97. The van der Waals surface area contributed by atoms with Crippen LogP contribution in [0.3, 0.4) is 0 Å². The van der Waals surface area contributed by atoms with Crippen molar-refractivity contribution >= 4 is 17.5 Å². The van der Waals surface area contributed by atoms with Crippen molar-refractivity contribution in [2.24, 2.45) is 12.8 Å². The molecule has 1 saturated heterocycles. The Hall–Kier alpha value is -1.89. The summed E-state index contributed by atoms with van der Waals surface area (Å²) in [4.78, 5) is 18.6. The van der Waals surface area contributed by atoms with Crippen molar-refractivity contribution in [2.75, 3.05) is 13.1 Å². The lowest BCUT2D eigenvalue weighted by atomic mass is 9.83. The first kappa shape index (κ1) is 16.6. The number of ether oxygens (including phenoxy) is 1. The molecule has 1 spiro atoms. The number of rotatable bonds is 3. The van der Waals surface area contributed by atoms with E-state index in [2.05, 4.69) is 9.88 Å². The molecule has 1 atom stereocenters. The third-order valence-corrected chi connectivity index (χ3v) is 5.43. The molecule has 7 heteroatoms. The van der Waals surface area contributed by atoms with Gasteiger partial charge in [-0.05, 0) is 36.1 Å². The van der Waals surface area contributed by atoms with Gasteiger partial charge in [0.2, 0.25) is 0 Å². The third-order valence-electron chi connectivity index (χ3n) is 5.20. The Kier molecular flexibility index (Phi) is 4.06. The summed E-state index contributed by atoms with van der Waals surface area (Å²) in [5.41, 5.74) is 8.01. The monoisotopic (exact) mass is 360 g/mol. The van der Waals surface area contributed by atoms with Gasteiger partial charge in [0.05, 0.1) is 17.6 Å². The normalized spacial score (nSPS) is 22.2. The molecule has 3 heterocycles. The molecule has 0 aliphatic carbocycles. The number of nitrogens with two attached hydrogens (primary N) is 1. The van der Waals surface area contributed by atoms with Gasteiger partial charge in [-0.2, -0.15) is 0 Å². The first-order chi connectivity index (χ1) is 12.0. The Morgan fingerprint density at radius 2 is 2.20 bits per heavy atom. The van der Waals surface area contributed by atoms with Crippen LogP contribution in [0.5, 0.6) is 0 Å². The number of aryl methyl sites for hydroxylation is 1. The minimum atomic E-state index is -0.686. The van der Waals surface area contributed by atoms with Gasteiger partial charge in [-0.25, -0.2) is 4.98 Å². The molecule has 0 bridgehead atoms. The second-order valence-corrected chi connectivity index (χ2v) is 7.37. The Bertz CT molecular complexity index is 811. The second-order valence-electron chi connectivity index (χ2n) is 6.93. The fraction of sp³-hybridized carbons (Fsp3) is 0.444. The second kappa shape index (κ2) is 6.12. The van der Waals surface area contributed by atoms with Crippen molar-refractivity contribution in [2.45, 2.75) is 31.1 Å². The van der Waals surface area contributed by atoms with Crippen LogP contribution in [-0.4, -0.2) is 33.4 Å². The summed E-state index contributed by atoms with van der Waals surface area (Å²) in [6.07, 6.45) is 4.77. The molecule has 1 aromatic carbocycles. The minimum Gasteiger partial charge on any atom is -0.367 e. The number of carbonyl (C=O) groups is 1. The number of hydrogen-bond acceptors (Lipinski definition) is 4. The summed E-state index contributed by atoms with van der Waals surface area (Å²) in [6, 6.07) is 5.57. The minimum absolute atomic E-state index is 0.448. The Balaban J connectivity index is 1.54. The fourth-order valence-corrected chi connectivity index (χ4v) is 4.12. The molecule has 1 aromatic heterocycles. The van der Waals surface area contributed by atoms with Crippen LogP contribution in [0.15, 0.2) is 30.7 Å². The lowest BCUT2D eigenvalue weighted by Crippen LogP contribution is -2.42. The molecule has 2 aliphatic heterocycles. The Morgan fingerprint density at radius 3 is 2.84 bits per heavy atom. The largest absolute Gasteiger partial charge is 0.367 e. The van der Waals surface area contributed by atoms with E-state index in [4.69, 9.17) is 22.1 Å². The summed E-state index contributed by atoms with van der Waals surface area (Å²) in [5, 5.41) is 0.655. The number of benzene rings is 1. The van der Waals surface area contributed by atoms with Crippen LogP contribution in [-0.2, 0) is 28.7 Å². The van der Waals surface area contributed by atoms with Gasteiger partial charge in [0, 0.05) is 37.9 Å². The predicted molar refractivity (Wildman–Crippen MR) is 93.9 cm³/mol. The van der Waals surface area contributed by atoms with Gasteiger partial charge in [0.1, 0.15) is 0 Å². The maximum absolute atomic E-state index is 11.8. The number of likely N-dealkylation sites (tertiary alicyclic amines) is 1. The molecule has 1 amide bonds. The van der Waals surface area contributed by atoms with Gasteiger partial charge >= 0.3 is 0 Å². The summed E-state index contributed by atoms with van der Waals surface area (Å²) >= 11 is 6.20. The number of fused-ring (bicyclic) bond motifs is 2. The van der Waals surface area contributed by atoms with Crippen LogP contribution in [0.2, 0.25) is 5.02 Å². The highest BCUT2D eigenvalue weighted by Gasteiger charge is 2.48. The lowest BCUT2D eigenvalue weighted by Gasteiger charge is -2.39. The first-order valence-electron chi connectivity index (χ1n) is 8.43. The predicted octanol–water partition coefficient (Wildman–Crippen LogP) is 2.12. The van der Waals surface area contributed by atoms with Gasteiger partial charge in [-0.1, -0.05) is 17.7 Å². The van der Waals surface area contributed by atoms with Crippen LogP contribution < -0.4 is 5.73 Å².